The van der Waals surface area contributed by atoms with Crippen LogP contribution in [0.15, 0.2) is 30.0 Å². The Labute approximate surface area is 135 Å². The molecule has 0 saturated carbocycles. The molecule has 2 heterocycles. The van der Waals surface area contributed by atoms with E-state index in [0.29, 0.717) is 13.1 Å². The predicted octanol–water partition coefficient (Wildman–Crippen LogP) is 2.03. The summed E-state index contributed by atoms with van der Waals surface area (Å²) in [5, 5.41) is 2.97. The topological polar surface area (TPSA) is 58.1 Å². The van der Waals surface area contributed by atoms with Crippen LogP contribution in [0.25, 0.3) is 0 Å². The van der Waals surface area contributed by atoms with Crippen molar-refractivity contribution in [3.63, 3.8) is 0 Å². The van der Waals surface area contributed by atoms with Crippen LogP contribution in [0.1, 0.15) is 22.6 Å². The molecule has 0 unspecified atom stereocenters. The molecule has 1 N–H and O–H groups in total. The van der Waals surface area contributed by atoms with Gasteiger partial charge in [-0.3, -0.25) is 14.7 Å². The van der Waals surface area contributed by atoms with Crippen molar-refractivity contribution in [2.24, 2.45) is 0 Å². The molecule has 2 aromatic rings. The summed E-state index contributed by atoms with van der Waals surface area (Å²) in [6.07, 6.45) is 5.50. The van der Waals surface area contributed by atoms with Crippen LogP contribution in [-0.4, -0.2) is 40.9 Å². The van der Waals surface area contributed by atoms with E-state index in [1.54, 1.807) is 17.5 Å². The van der Waals surface area contributed by atoms with Crippen molar-refractivity contribution < 1.29 is 4.79 Å². The number of rotatable bonds is 8. The Balaban J connectivity index is 1.62. The van der Waals surface area contributed by atoms with Gasteiger partial charge < -0.3 is 5.32 Å². The van der Waals surface area contributed by atoms with E-state index in [-0.39, 0.29) is 5.91 Å². The Hall–Kier alpha value is -1.79. The smallest absolute Gasteiger partial charge is 0.234 e. The van der Waals surface area contributed by atoms with Crippen molar-refractivity contribution in [1.82, 2.24) is 20.2 Å². The SMILES string of the molecule is Cc1ncsc1CCCNC(=O)CN(C)Cc1cccnc1. The Morgan fingerprint density at radius 3 is 3.00 bits per heavy atom. The molecule has 0 saturated heterocycles. The van der Waals surface area contributed by atoms with Crippen molar-refractivity contribution in [2.75, 3.05) is 20.1 Å². The minimum atomic E-state index is 0.0624. The zero-order chi connectivity index (χ0) is 15.8. The predicted molar refractivity (Wildman–Crippen MR) is 88.8 cm³/mol. The van der Waals surface area contributed by atoms with Crippen LogP contribution in [0.3, 0.4) is 0 Å². The van der Waals surface area contributed by atoms with E-state index in [4.69, 9.17) is 0 Å². The molecule has 0 atom stereocenters. The average Bonchev–Trinajstić information content (AvgIpc) is 2.90. The Kier molecular flexibility index (Phi) is 6.48. The molecule has 0 aliphatic heterocycles. The maximum atomic E-state index is 11.9. The fourth-order valence-electron chi connectivity index (χ4n) is 2.20. The van der Waals surface area contributed by atoms with Gasteiger partial charge in [0.25, 0.3) is 0 Å². The van der Waals surface area contributed by atoms with Crippen LogP contribution in [0.5, 0.6) is 0 Å². The molecular formula is C16H22N4OS. The summed E-state index contributed by atoms with van der Waals surface area (Å²) < 4.78 is 0. The molecule has 5 nitrogen and oxygen atoms in total. The minimum absolute atomic E-state index is 0.0624. The number of hydrogen-bond donors (Lipinski definition) is 1. The summed E-state index contributed by atoms with van der Waals surface area (Å²) in [7, 11) is 1.94. The normalized spacial score (nSPS) is 10.9. The van der Waals surface area contributed by atoms with Gasteiger partial charge in [0.2, 0.25) is 5.91 Å². The van der Waals surface area contributed by atoms with Gasteiger partial charge in [-0.25, -0.2) is 4.98 Å². The fraction of sp³-hybridized carbons (Fsp3) is 0.438. The number of pyridine rings is 1. The van der Waals surface area contributed by atoms with Crippen molar-refractivity contribution in [3.8, 4) is 0 Å². The molecule has 1 amide bonds. The first-order chi connectivity index (χ1) is 10.6. The van der Waals surface area contributed by atoms with E-state index >= 15 is 0 Å². The van der Waals surface area contributed by atoms with Crippen LogP contribution in [0.4, 0.5) is 0 Å². The first-order valence-electron chi connectivity index (χ1n) is 7.38. The first kappa shape index (κ1) is 16.6. The highest BCUT2D eigenvalue weighted by Gasteiger charge is 2.07. The molecule has 0 aromatic carbocycles. The van der Waals surface area contributed by atoms with Crippen LogP contribution >= 0.6 is 11.3 Å². The zero-order valence-electron chi connectivity index (χ0n) is 13.1. The summed E-state index contributed by atoms with van der Waals surface area (Å²) in [6, 6.07) is 3.92. The van der Waals surface area contributed by atoms with E-state index < -0.39 is 0 Å². The highest BCUT2D eigenvalue weighted by Crippen LogP contribution is 2.13. The van der Waals surface area contributed by atoms with Gasteiger partial charge in [-0.15, -0.1) is 11.3 Å². The lowest BCUT2D eigenvalue weighted by Gasteiger charge is -2.16. The Morgan fingerprint density at radius 1 is 1.45 bits per heavy atom. The maximum Gasteiger partial charge on any atom is 0.234 e. The number of aryl methyl sites for hydroxylation is 2. The van der Waals surface area contributed by atoms with Crippen molar-refractivity contribution in [3.05, 3.63) is 46.2 Å². The Morgan fingerprint density at radius 2 is 2.32 bits per heavy atom. The molecule has 0 aliphatic rings. The molecule has 0 aliphatic carbocycles. The molecule has 2 rings (SSSR count). The lowest BCUT2D eigenvalue weighted by atomic mass is 10.2. The molecule has 0 bridgehead atoms. The number of carbonyl (C=O) groups is 1. The number of hydrogen-bond acceptors (Lipinski definition) is 5. The van der Waals surface area contributed by atoms with Crippen LogP contribution in [0, 0.1) is 6.92 Å². The van der Waals surface area contributed by atoms with Gasteiger partial charge in [0.05, 0.1) is 17.7 Å². The third-order valence-corrected chi connectivity index (χ3v) is 4.33. The van der Waals surface area contributed by atoms with E-state index in [1.165, 1.54) is 4.88 Å². The maximum absolute atomic E-state index is 11.9. The van der Waals surface area contributed by atoms with E-state index in [0.717, 1.165) is 30.6 Å². The zero-order valence-corrected chi connectivity index (χ0v) is 13.9. The van der Waals surface area contributed by atoms with Gasteiger partial charge in [0.1, 0.15) is 0 Å². The number of thiazole rings is 1. The fourth-order valence-corrected chi connectivity index (χ4v) is 3.03. The second-order valence-electron chi connectivity index (χ2n) is 5.35. The largest absolute Gasteiger partial charge is 0.355 e. The monoisotopic (exact) mass is 318 g/mol. The summed E-state index contributed by atoms with van der Waals surface area (Å²) in [6.45, 7) is 3.85. The quantitative estimate of drug-likeness (QED) is 0.757. The van der Waals surface area contributed by atoms with Gasteiger partial charge >= 0.3 is 0 Å². The standard InChI is InChI=1S/C16H22N4OS/c1-13-15(22-12-19-13)6-4-8-18-16(21)11-20(2)10-14-5-3-7-17-9-14/h3,5,7,9,12H,4,6,8,10-11H2,1-2H3,(H,18,21). The van der Waals surface area contributed by atoms with Crippen LogP contribution in [0.2, 0.25) is 0 Å². The molecule has 0 spiro atoms. The number of aromatic nitrogens is 2. The number of nitrogens with one attached hydrogen (secondary N) is 1. The lowest BCUT2D eigenvalue weighted by Crippen LogP contribution is -2.35. The van der Waals surface area contributed by atoms with Crippen LogP contribution < -0.4 is 5.32 Å². The third-order valence-electron chi connectivity index (χ3n) is 3.34. The van der Waals surface area contributed by atoms with Gasteiger partial charge in [-0.2, -0.15) is 0 Å². The molecule has 0 fully saturated rings. The van der Waals surface area contributed by atoms with Crippen molar-refractivity contribution in [2.45, 2.75) is 26.3 Å². The molecule has 0 radical (unpaired) electrons. The molecular weight excluding hydrogens is 296 g/mol. The second kappa shape index (κ2) is 8.60. The lowest BCUT2D eigenvalue weighted by molar-refractivity contribution is -0.122. The van der Waals surface area contributed by atoms with Crippen LogP contribution in [-0.2, 0) is 17.8 Å². The minimum Gasteiger partial charge on any atom is -0.355 e. The number of likely N-dealkylation sites (N-methyl/N-ethyl adjacent to an activating group) is 1. The summed E-state index contributed by atoms with van der Waals surface area (Å²) in [5.41, 5.74) is 4.09. The molecule has 22 heavy (non-hydrogen) atoms. The Bertz CT molecular complexity index is 585. The van der Waals surface area contributed by atoms with E-state index in [9.17, 15) is 4.79 Å². The van der Waals surface area contributed by atoms with Crippen molar-refractivity contribution in [1.29, 1.82) is 0 Å². The summed E-state index contributed by atoms with van der Waals surface area (Å²) in [5.74, 6) is 0.0624. The van der Waals surface area contributed by atoms with E-state index in [1.807, 2.05) is 42.7 Å². The summed E-state index contributed by atoms with van der Waals surface area (Å²) in [4.78, 5) is 23.5. The number of carbonyl (C=O) groups excluding carboxylic acids is 1. The molecule has 118 valence electrons. The van der Waals surface area contributed by atoms with Gasteiger partial charge in [-0.05, 0) is 38.4 Å². The van der Waals surface area contributed by atoms with E-state index in [2.05, 4.69) is 15.3 Å². The highest BCUT2D eigenvalue weighted by molar-refractivity contribution is 7.09. The number of amides is 1. The summed E-state index contributed by atoms with van der Waals surface area (Å²) >= 11 is 1.68. The second-order valence-corrected chi connectivity index (χ2v) is 6.29. The number of nitrogens with zero attached hydrogens (tertiary/aromatic N) is 3. The highest BCUT2D eigenvalue weighted by atomic mass is 32.1. The third kappa shape index (κ3) is 5.54. The van der Waals surface area contributed by atoms with Crippen molar-refractivity contribution >= 4 is 17.2 Å². The molecule has 2 aromatic heterocycles. The van der Waals surface area contributed by atoms with Gasteiger partial charge in [-0.1, -0.05) is 6.07 Å². The van der Waals surface area contributed by atoms with Gasteiger partial charge in [0, 0.05) is 30.4 Å². The first-order valence-corrected chi connectivity index (χ1v) is 8.26. The van der Waals surface area contributed by atoms with Gasteiger partial charge in [0.15, 0.2) is 0 Å². The average molecular weight is 318 g/mol. The molecule has 6 heteroatoms.